The molecule has 1 atom stereocenters. The molecular formula is C19H29NO. The predicted octanol–water partition coefficient (Wildman–Crippen LogP) is 3.81. The van der Waals surface area contributed by atoms with Crippen LogP contribution in [0, 0.1) is 5.41 Å². The molecule has 0 aromatic heterocycles. The summed E-state index contributed by atoms with van der Waals surface area (Å²) in [6, 6.07) is 10.9. The molecule has 1 saturated heterocycles. The van der Waals surface area contributed by atoms with Gasteiger partial charge >= 0.3 is 0 Å². The summed E-state index contributed by atoms with van der Waals surface area (Å²) in [5.41, 5.74) is 1.67. The van der Waals surface area contributed by atoms with Crippen LogP contribution < -0.4 is 0 Å². The standard InChI is InChI=1S/C19H29NO/c21-16-19(11-6-1-2-7-12-19)15-20-13-10-18(14-20)17-8-4-3-5-9-17/h3-5,8-9,18,21H,1-2,6-7,10-16H2. The lowest BCUT2D eigenvalue weighted by atomic mass is 9.80. The second-order valence-electron chi connectivity index (χ2n) is 7.20. The summed E-state index contributed by atoms with van der Waals surface area (Å²) in [5.74, 6) is 0.688. The Balaban J connectivity index is 1.60. The van der Waals surface area contributed by atoms with Crippen LogP contribution in [0.2, 0.25) is 0 Å². The van der Waals surface area contributed by atoms with E-state index in [0.29, 0.717) is 12.5 Å². The molecule has 0 radical (unpaired) electrons. The highest BCUT2D eigenvalue weighted by Gasteiger charge is 2.35. The van der Waals surface area contributed by atoms with Crippen molar-refractivity contribution in [2.75, 3.05) is 26.2 Å². The molecule has 1 aliphatic heterocycles. The van der Waals surface area contributed by atoms with Crippen LogP contribution >= 0.6 is 0 Å². The molecule has 21 heavy (non-hydrogen) atoms. The van der Waals surface area contributed by atoms with Crippen LogP contribution in [0.25, 0.3) is 0 Å². The Morgan fingerprint density at radius 1 is 1.05 bits per heavy atom. The SMILES string of the molecule is OCC1(CN2CCC(c3ccccc3)C2)CCCCCC1. The van der Waals surface area contributed by atoms with E-state index in [1.165, 1.54) is 63.6 Å². The smallest absolute Gasteiger partial charge is 0.0499 e. The molecule has 2 heteroatoms. The maximum absolute atomic E-state index is 9.98. The van der Waals surface area contributed by atoms with E-state index in [1.807, 2.05) is 0 Å². The van der Waals surface area contributed by atoms with Gasteiger partial charge in [-0.15, -0.1) is 0 Å². The number of rotatable bonds is 4. The molecule has 2 fully saturated rings. The lowest BCUT2D eigenvalue weighted by Crippen LogP contribution is -2.39. The molecular weight excluding hydrogens is 258 g/mol. The average molecular weight is 287 g/mol. The zero-order chi connectivity index (χ0) is 14.5. The fourth-order valence-corrected chi connectivity index (χ4v) is 4.29. The third-order valence-corrected chi connectivity index (χ3v) is 5.60. The quantitative estimate of drug-likeness (QED) is 0.851. The van der Waals surface area contributed by atoms with E-state index in [9.17, 15) is 5.11 Å². The minimum atomic E-state index is 0.183. The fraction of sp³-hybridized carbons (Fsp3) is 0.684. The Kier molecular flexibility index (Phi) is 4.97. The topological polar surface area (TPSA) is 23.5 Å². The van der Waals surface area contributed by atoms with Crippen LogP contribution in [0.4, 0.5) is 0 Å². The van der Waals surface area contributed by atoms with E-state index in [2.05, 4.69) is 35.2 Å². The Labute approximate surface area is 129 Å². The lowest BCUT2D eigenvalue weighted by Gasteiger charge is -2.35. The van der Waals surface area contributed by atoms with Gasteiger partial charge in [0.25, 0.3) is 0 Å². The Hall–Kier alpha value is -0.860. The number of aliphatic hydroxyl groups excluding tert-OH is 1. The largest absolute Gasteiger partial charge is 0.396 e. The van der Waals surface area contributed by atoms with Gasteiger partial charge in [-0.05, 0) is 37.3 Å². The first-order valence-electron chi connectivity index (χ1n) is 8.69. The summed E-state index contributed by atoms with van der Waals surface area (Å²) in [7, 11) is 0. The van der Waals surface area contributed by atoms with Gasteiger partial charge in [0.05, 0.1) is 0 Å². The minimum absolute atomic E-state index is 0.183. The summed E-state index contributed by atoms with van der Waals surface area (Å²) in [4.78, 5) is 2.61. The number of hydrogen-bond donors (Lipinski definition) is 1. The third kappa shape index (κ3) is 3.67. The van der Waals surface area contributed by atoms with Crippen LogP contribution in [0.5, 0.6) is 0 Å². The maximum Gasteiger partial charge on any atom is 0.0499 e. The monoisotopic (exact) mass is 287 g/mol. The van der Waals surface area contributed by atoms with Gasteiger partial charge in [-0.1, -0.05) is 56.0 Å². The van der Waals surface area contributed by atoms with Crippen molar-refractivity contribution in [1.29, 1.82) is 0 Å². The van der Waals surface area contributed by atoms with Crippen molar-refractivity contribution in [2.45, 2.75) is 50.9 Å². The first-order chi connectivity index (χ1) is 10.3. The van der Waals surface area contributed by atoms with Crippen LogP contribution in [-0.4, -0.2) is 36.2 Å². The zero-order valence-electron chi connectivity index (χ0n) is 13.1. The molecule has 1 heterocycles. The molecule has 1 aliphatic carbocycles. The van der Waals surface area contributed by atoms with E-state index in [1.54, 1.807) is 0 Å². The predicted molar refractivity (Wildman–Crippen MR) is 87.5 cm³/mol. The number of hydrogen-bond acceptors (Lipinski definition) is 2. The van der Waals surface area contributed by atoms with Crippen molar-refractivity contribution in [2.24, 2.45) is 5.41 Å². The normalized spacial score (nSPS) is 26.6. The molecule has 0 bridgehead atoms. The zero-order valence-corrected chi connectivity index (χ0v) is 13.1. The highest BCUT2D eigenvalue weighted by atomic mass is 16.3. The molecule has 0 amide bonds. The van der Waals surface area contributed by atoms with Crippen molar-refractivity contribution in [1.82, 2.24) is 4.90 Å². The van der Waals surface area contributed by atoms with Crippen molar-refractivity contribution < 1.29 is 5.11 Å². The summed E-state index contributed by atoms with van der Waals surface area (Å²) in [6.45, 7) is 3.85. The summed E-state index contributed by atoms with van der Waals surface area (Å²) in [5, 5.41) is 9.98. The van der Waals surface area contributed by atoms with Crippen molar-refractivity contribution >= 4 is 0 Å². The van der Waals surface area contributed by atoms with Gasteiger partial charge in [-0.25, -0.2) is 0 Å². The highest BCUT2D eigenvalue weighted by Crippen LogP contribution is 2.37. The molecule has 1 aromatic rings. The van der Waals surface area contributed by atoms with Crippen molar-refractivity contribution in [3.63, 3.8) is 0 Å². The maximum atomic E-state index is 9.98. The number of benzene rings is 1. The van der Waals surface area contributed by atoms with E-state index < -0.39 is 0 Å². The molecule has 2 nitrogen and oxygen atoms in total. The summed E-state index contributed by atoms with van der Waals surface area (Å²) < 4.78 is 0. The van der Waals surface area contributed by atoms with Gasteiger partial charge in [0.15, 0.2) is 0 Å². The van der Waals surface area contributed by atoms with Crippen molar-refractivity contribution in [3.05, 3.63) is 35.9 Å². The van der Waals surface area contributed by atoms with Gasteiger partial charge in [0.2, 0.25) is 0 Å². The van der Waals surface area contributed by atoms with E-state index >= 15 is 0 Å². The lowest BCUT2D eigenvalue weighted by molar-refractivity contribution is 0.0676. The van der Waals surface area contributed by atoms with Gasteiger partial charge in [-0.2, -0.15) is 0 Å². The van der Waals surface area contributed by atoms with Crippen LogP contribution in [0.3, 0.4) is 0 Å². The fourth-order valence-electron chi connectivity index (χ4n) is 4.29. The second kappa shape index (κ2) is 6.93. The molecule has 1 aromatic carbocycles. The number of nitrogens with zero attached hydrogens (tertiary/aromatic N) is 1. The third-order valence-electron chi connectivity index (χ3n) is 5.60. The minimum Gasteiger partial charge on any atom is -0.396 e. The van der Waals surface area contributed by atoms with Crippen LogP contribution in [0.1, 0.15) is 56.4 Å². The molecule has 1 N–H and O–H groups in total. The number of aliphatic hydroxyl groups is 1. The van der Waals surface area contributed by atoms with Crippen LogP contribution in [-0.2, 0) is 0 Å². The first-order valence-corrected chi connectivity index (χ1v) is 8.69. The molecule has 1 saturated carbocycles. The molecule has 116 valence electrons. The van der Waals surface area contributed by atoms with Gasteiger partial charge < -0.3 is 10.0 Å². The van der Waals surface area contributed by atoms with E-state index in [-0.39, 0.29) is 5.41 Å². The van der Waals surface area contributed by atoms with Gasteiger partial charge in [0, 0.05) is 25.1 Å². The Bertz CT molecular complexity index is 422. The first kappa shape index (κ1) is 15.1. The van der Waals surface area contributed by atoms with E-state index in [0.717, 1.165) is 6.54 Å². The Morgan fingerprint density at radius 3 is 2.43 bits per heavy atom. The number of likely N-dealkylation sites (tertiary alicyclic amines) is 1. The summed E-state index contributed by atoms with van der Waals surface area (Å²) in [6.07, 6.45) is 9.02. The summed E-state index contributed by atoms with van der Waals surface area (Å²) >= 11 is 0. The average Bonchev–Trinajstić information content (AvgIpc) is 2.86. The molecule has 0 spiro atoms. The van der Waals surface area contributed by atoms with Crippen molar-refractivity contribution in [3.8, 4) is 0 Å². The molecule has 3 rings (SSSR count). The highest BCUT2D eigenvalue weighted by molar-refractivity contribution is 5.21. The van der Waals surface area contributed by atoms with Gasteiger partial charge in [-0.3, -0.25) is 0 Å². The second-order valence-corrected chi connectivity index (χ2v) is 7.20. The van der Waals surface area contributed by atoms with E-state index in [4.69, 9.17) is 0 Å². The van der Waals surface area contributed by atoms with Crippen LogP contribution in [0.15, 0.2) is 30.3 Å². The molecule has 2 aliphatic rings. The van der Waals surface area contributed by atoms with Gasteiger partial charge in [0.1, 0.15) is 0 Å². The molecule has 1 unspecified atom stereocenters. The Morgan fingerprint density at radius 2 is 1.76 bits per heavy atom.